The number of piperidine rings is 1. The van der Waals surface area contributed by atoms with Crippen LogP contribution in [0.5, 0.6) is 0 Å². The summed E-state index contributed by atoms with van der Waals surface area (Å²) >= 11 is 0. The molecule has 6 nitrogen and oxygen atoms in total. The van der Waals surface area contributed by atoms with Gasteiger partial charge in [0.1, 0.15) is 12.6 Å². The quantitative estimate of drug-likeness (QED) is 0.680. The molecule has 6 heteroatoms. The first-order valence-electron chi connectivity index (χ1n) is 6.20. The number of ether oxygens (including phenoxy) is 1. The lowest BCUT2D eigenvalue weighted by molar-refractivity contribution is -0.160. The maximum Gasteiger partial charge on any atom is 0.326 e. The summed E-state index contributed by atoms with van der Waals surface area (Å²) in [5.74, 6) is -1.23. The van der Waals surface area contributed by atoms with Crippen LogP contribution in [0.15, 0.2) is 0 Å². The van der Waals surface area contributed by atoms with Gasteiger partial charge in [-0.15, -0.1) is 0 Å². The van der Waals surface area contributed by atoms with E-state index in [4.69, 9.17) is 10.5 Å². The Morgan fingerprint density at radius 1 is 1.50 bits per heavy atom. The van der Waals surface area contributed by atoms with Crippen molar-refractivity contribution in [3.05, 3.63) is 0 Å². The molecule has 0 aromatic rings. The molecule has 0 aliphatic carbocycles. The van der Waals surface area contributed by atoms with E-state index in [1.54, 1.807) is 0 Å². The standard InChI is InChI=1S/C12H22N2O4/c1-12(2)4-3-6-14(10(12)11(16)17)9(15)8-18-7-5-13/h10H,3-8,13H2,1-2H3,(H,16,17). The number of nitrogens with two attached hydrogens (primary N) is 1. The summed E-state index contributed by atoms with van der Waals surface area (Å²) in [6.45, 7) is 4.79. The van der Waals surface area contributed by atoms with E-state index in [1.807, 2.05) is 13.8 Å². The van der Waals surface area contributed by atoms with Crippen LogP contribution in [0.2, 0.25) is 0 Å². The van der Waals surface area contributed by atoms with Gasteiger partial charge in [-0.2, -0.15) is 0 Å². The van der Waals surface area contributed by atoms with E-state index in [0.29, 0.717) is 19.7 Å². The van der Waals surface area contributed by atoms with Gasteiger partial charge in [-0.1, -0.05) is 13.8 Å². The predicted octanol–water partition coefficient (Wildman–Crippen LogP) is 0.0635. The van der Waals surface area contributed by atoms with Crippen LogP contribution in [-0.2, 0) is 14.3 Å². The van der Waals surface area contributed by atoms with Gasteiger partial charge in [0, 0.05) is 13.1 Å². The van der Waals surface area contributed by atoms with Crippen molar-refractivity contribution < 1.29 is 19.4 Å². The number of amides is 1. The van der Waals surface area contributed by atoms with E-state index in [1.165, 1.54) is 4.90 Å². The third-order valence-corrected chi connectivity index (χ3v) is 3.31. The number of carbonyl (C=O) groups is 2. The molecule has 1 amide bonds. The summed E-state index contributed by atoms with van der Waals surface area (Å²) in [5, 5.41) is 9.31. The number of carboxylic acid groups (broad SMARTS) is 1. The average Bonchev–Trinajstić information content (AvgIpc) is 2.26. The van der Waals surface area contributed by atoms with Crippen molar-refractivity contribution in [1.82, 2.24) is 4.90 Å². The summed E-state index contributed by atoms with van der Waals surface area (Å²) in [6.07, 6.45) is 1.62. The van der Waals surface area contributed by atoms with Gasteiger partial charge in [-0.3, -0.25) is 4.79 Å². The van der Waals surface area contributed by atoms with Crippen LogP contribution in [0.25, 0.3) is 0 Å². The van der Waals surface area contributed by atoms with Crippen molar-refractivity contribution in [1.29, 1.82) is 0 Å². The van der Waals surface area contributed by atoms with Crippen LogP contribution in [0.3, 0.4) is 0 Å². The number of aliphatic carboxylic acids is 1. The fourth-order valence-electron chi connectivity index (χ4n) is 2.45. The van der Waals surface area contributed by atoms with Crippen LogP contribution in [0.4, 0.5) is 0 Å². The predicted molar refractivity (Wildman–Crippen MR) is 66.0 cm³/mol. The Bertz CT molecular complexity index is 317. The molecule has 104 valence electrons. The number of carboxylic acids is 1. The number of rotatable bonds is 5. The Kier molecular flexibility index (Phi) is 5.10. The molecule has 3 N–H and O–H groups in total. The average molecular weight is 258 g/mol. The van der Waals surface area contributed by atoms with Crippen molar-refractivity contribution in [3.63, 3.8) is 0 Å². The van der Waals surface area contributed by atoms with Gasteiger partial charge in [-0.05, 0) is 18.3 Å². The molecule has 0 radical (unpaired) electrons. The molecule has 0 aromatic carbocycles. The largest absolute Gasteiger partial charge is 0.480 e. The molecule has 1 aliphatic rings. The van der Waals surface area contributed by atoms with E-state index in [-0.39, 0.29) is 12.5 Å². The minimum Gasteiger partial charge on any atom is -0.480 e. The number of hydrogen-bond acceptors (Lipinski definition) is 4. The SMILES string of the molecule is CC1(C)CCCN(C(=O)COCCN)C1C(=O)O. The van der Waals surface area contributed by atoms with Crippen molar-refractivity contribution in [2.75, 3.05) is 26.3 Å². The Morgan fingerprint density at radius 3 is 2.72 bits per heavy atom. The summed E-state index contributed by atoms with van der Waals surface area (Å²) in [4.78, 5) is 24.8. The molecule has 1 rings (SSSR count). The highest BCUT2D eigenvalue weighted by molar-refractivity contribution is 5.85. The smallest absolute Gasteiger partial charge is 0.326 e. The maximum absolute atomic E-state index is 12.0. The second kappa shape index (κ2) is 6.15. The van der Waals surface area contributed by atoms with Crippen LogP contribution in [0, 0.1) is 5.41 Å². The first-order chi connectivity index (χ1) is 8.40. The first kappa shape index (κ1) is 14.9. The second-order valence-electron chi connectivity index (χ2n) is 5.26. The van der Waals surface area contributed by atoms with Gasteiger partial charge in [0.15, 0.2) is 0 Å². The Labute approximate surface area is 107 Å². The number of hydrogen-bond donors (Lipinski definition) is 2. The Morgan fingerprint density at radius 2 is 2.17 bits per heavy atom. The third kappa shape index (κ3) is 3.43. The van der Waals surface area contributed by atoms with Gasteiger partial charge < -0.3 is 20.5 Å². The highest BCUT2D eigenvalue weighted by Gasteiger charge is 2.44. The lowest BCUT2D eigenvalue weighted by atomic mass is 9.76. The minimum absolute atomic E-state index is 0.100. The van der Waals surface area contributed by atoms with E-state index >= 15 is 0 Å². The fraction of sp³-hybridized carbons (Fsp3) is 0.833. The zero-order valence-corrected chi connectivity index (χ0v) is 11.0. The van der Waals surface area contributed by atoms with E-state index in [2.05, 4.69) is 0 Å². The lowest BCUT2D eigenvalue weighted by Crippen LogP contribution is -2.57. The molecule has 18 heavy (non-hydrogen) atoms. The molecule has 0 spiro atoms. The Balaban J connectivity index is 2.72. The van der Waals surface area contributed by atoms with E-state index < -0.39 is 17.4 Å². The van der Waals surface area contributed by atoms with Crippen molar-refractivity contribution in [2.45, 2.75) is 32.7 Å². The van der Waals surface area contributed by atoms with Crippen LogP contribution < -0.4 is 5.73 Å². The van der Waals surface area contributed by atoms with E-state index in [9.17, 15) is 14.7 Å². The van der Waals surface area contributed by atoms with Crippen LogP contribution >= 0.6 is 0 Å². The maximum atomic E-state index is 12.0. The fourth-order valence-corrected chi connectivity index (χ4v) is 2.45. The molecule has 1 saturated heterocycles. The summed E-state index contributed by atoms with van der Waals surface area (Å²) in [6, 6.07) is -0.778. The van der Waals surface area contributed by atoms with E-state index in [0.717, 1.165) is 12.8 Å². The monoisotopic (exact) mass is 258 g/mol. The van der Waals surface area contributed by atoms with Crippen LogP contribution in [-0.4, -0.2) is 54.2 Å². The number of carbonyl (C=O) groups excluding carboxylic acids is 1. The van der Waals surface area contributed by atoms with Gasteiger partial charge in [-0.25, -0.2) is 4.79 Å². The van der Waals surface area contributed by atoms with Crippen LogP contribution in [0.1, 0.15) is 26.7 Å². The summed E-state index contributed by atoms with van der Waals surface area (Å²) in [7, 11) is 0. The second-order valence-corrected chi connectivity index (χ2v) is 5.26. The molecule has 1 heterocycles. The van der Waals surface area contributed by atoms with Crippen molar-refractivity contribution in [2.24, 2.45) is 11.1 Å². The third-order valence-electron chi connectivity index (χ3n) is 3.31. The number of likely N-dealkylation sites (tertiary alicyclic amines) is 1. The zero-order valence-electron chi connectivity index (χ0n) is 11.0. The summed E-state index contributed by atoms with van der Waals surface area (Å²) < 4.78 is 5.08. The molecule has 0 aromatic heterocycles. The molecule has 1 aliphatic heterocycles. The zero-order chi connectivity index (χ0) is 13.8. The molecule has 1 fully saturated rings. The highest BCUT2D eigenvalue weighted by atomic mass is 16.5. The normalized spacial score (nSPS) is 22.8. The molecule has 1 unspecified atom stereocenters. The van der Waals surface area contributed by atoms with Gasteiger partial charge in [0.05, 0.1) is 6.61 Å². The number of nitrogens with zero attached hydrogens (tertiary/aromatic N) is 1. The molecule has 0 saturated carbocycles. The lowest BCUT2D eigenvalue weighted by Gasteiger charge is -2.43. The summed E-state index contributed by atoms with van der Waals surface area (Å²) in [5.41, 5.74) is 4.86. The van der Waals surface area contributed by atoms with Crippen molar-refractivity contribution >= 4 is 11.9 Å². The Hall–Kier alpha value is -1.14. The molecular weight excluding hydrogens is 236 g/mol. The van der Waals surface area contributed by atoms with Crippen molar-refractivity contribution in [3.8, 4) is 0 Å². The first-order valence-corrected chi connectivity index (χ1v) is 6.20. The van der Waals surface area contributed by atoms with Gasteiger partial charge in [0.2, 0.25) is 5.91 Å². The molecular formula is C12H22N2O4. The highest BCUT2D eigenvalue weighted by Crippen LogP contribution is 2.35. The molecule has 0 bridgehead atoms. The minimum atomic E-state index is -0.952. The van der Waals surface area contributed by atoms with Gasteiger partial charge in [0.25, 0.3) is 0 Å². The topological polar surface area (TPSA) is 92.9 Å². The molecule has 1 atom stereocenters. The van der Waals surface area contributed by atoms with Gasteiger partial charge >= 0.3 is 5.97 Å².